The van der Waals surface area contributed by atoms with Crippen molar-refractivity contribution in [1.82, 2.24) is 14.6 Å². The molecule has 0 spiro atoms. The van der Waals surface area contributed by atoms with Gasteiger partial charge in [0.05, 0.1) is 6.20 Å². The molecule has 0 atom stereocenters. The number of benzene rings is 2. The first kappa shape index (κ1) is 16.0. The van der Waals surface area contributed by atoms with Crippen molar-refractivity contribution < 1.29 is 9.90 Å². The van der Waals surface area contributed by atoms with Crippen molar-refractivity contribution in [2.75, 3.05) is 0 Å². The van der Waals surface area contributed by atoms with Crippen LogP contribution >= 0.6 is 0 Å². The van der Waals surface area contributed by atoms with Crippen LogP contribution in [0.3, 0.4) is 0 Å². The topological polar surface area (TPSA) is 67.5 Å². The molecule has 2 heterocycles. The molecular formula is C21H17N3O2. The molecule has 0 amide bonds. The lowest BCUT2D eigenvalue weighted by Crippen LogP contribution is -1.97. The number of nitrogens with zero attached hydrogens (tertiary/aromatic N) is 3. The summed E-state index contributed by atoms with van der Waals surface area (Å²) in [4.78, 5) is 15.3. The third kappa shape index (κ3) is 3.19. The molecule has 26 heavy (non-hydrogen) atoms. The van der Waals surface area contributed by atoms with E-state index in [0.717, 1.165) is 33.5 Å². The fraction of sp³-hybridized carbons (Fsp3) is 0.0952. The van der Waals surface area contributed by atoms with Gasteiger partial charge in [0.2, 0.25) is 0 Å². The Morgan fingerprint density at radius 3 is 2.42 bits per heavy atom. The molecular weight excluding hydrogens is 326 g/mol. The monoisotopic (exact) mass is 343 g/mol. The molecule has 0 aliphatic rings. The fourth-order valence-electron chi connectivity index (χ4n) is 2.96. The number of carbonyl (C=O) groups is 1. The van der Waals surface area contributed by atoms with E-state index in [9.17, 15) is 4.79 Å². The minimum absolute atomic E-state index is 0.141. The van der Waals surface area contributed by atoms with Crippen LogP contribution < -0.4 is 0 Å². The highest BCUT2D eigenvalue weighted by Gasteiger charge is 2.09. The first-order chi connectivity index (χ1) is 12.7. The van der Waals surface area contributed by atoms with Gasteiger partial charge in [0.25, 0.3) is 0 Å². The molecule has 128 valence electrons. The summed E-state index contributed by atoms with van der Waals surface area (Å²) in [6.45, 7) is 0. The second-order valence-electron chi connectivity index (χ2n) is 6.13. The Labute approximate surface area is 150 Å². The standard InChI is InChI=1S/C21H17N3O2/c25-20(26)11-8-15-6-9-16(10-7-15)18-12-22-21-19(13-23-24(21)14-18)17-4-2-1-3-5-17/h1-7,9-10,12-14H,8,11H2,(H,25,26). The largest absolute Gasteiger partial charge is 0.481 e. The van der Waals surface area contributed by atoms with E-state index in [-0.39, 0.29) is 6.42 Å². The van der Waals surface area contributed by atoms with Gasteiger partial charge in [-0.2, -0.15) is 5.10 Å². The van der Waals surface area contributed by atoms with Crippen molar-refractivity contribution in [2.24, 2.45) is 0 Å². The Bertz CT molecular complexity index is 1050. The van der Waals surface area contributed by atoms with E-state index in [4.69, 9.17) is 5.11 Å². The maximum absolute atomic E-state index is 10.7. The molecule has 2 aromatic carbocycles. The van der Waals surface area contributed by atoms with Crippen molar-refractivity contribution in [1.29, 1.82) is 0 Å². The van der Waals surface area contributed by atoms with Gasteiger partial charge < -0.3 is 5.11 Å². The van der Waals surface area contributed by atoms with E-state index in [2.05, 4.69) is 10.1 Å². The van der Waals surface area contributed by atoms with E-state index >= 15 is 0 Å². The van der Waals surface area contributed by atoms with Gasteiger partial charge in [-0.1, -0.05) is 54.6 Å². The molecule has 0 radical (unpaired) electrons. The first-order valence-corrected chi connectivity index (χ1v) is 8.40. The number of rotatable bonds is 5. The second kappa shape index (κ2) is 6.80. The summed E-state index contributed by atoms with van der Waals surface area (Å²) in [6, 6.07) is 18.0. The Kier molecular flexibility index (Phi) is 4.19. The molecule has 0 saturated heterocycles. The summed E-state index contributed by atoms with van der Waals surface area (Å²) >= 11 is 0. The third-order valence-electron chi connectivity index (χ3n) is 4.36. The van der Waals surface area contributed by atoms with Crippen LogP contribution in [-0.4, -0.2) is 25.7 Å². The number of aliphatic carboxylic acids is 1. The number of carboxylic acid groups (broad SMARTS) is 1. The molecule has 2 aromatic heterocycles. The van der Waals surface area contributed by atoms with E-state index in [0.29, 0.717) is 6.42 Å². The molecule has 1 N–H and O–H groups in total. The molecule has 5 heteroatoms. The van der Waals surface area contributed by atoms with Crippen molar-refractivity contribution in [2.45, 2.75) is 12.8 Å². The number of aromatic nitrogens is 3. The van der Waals surface area contributed by atoms with Gasteiger partial charge in [-0.05, 0) is 23.1 Å². The maximum atomic E-state index is 10.7. The first-order valence-electron chi connectivity index (χ1n) is 8.40. The van der Waals surface area contributed by atoms with E-state index < -0.39 is 5.97 Å². The maximum Gasteiger partial charge on any atom is 0.303 e. The van der Waals surface area contributed by atoms with Gasteiger partial charge in [-0.15, -0.1) is 0 Å². The van der Waals surface area contributed by atoms with Crippen LogP contribution in [0.1, 0.15) is 12.0 Å². The average molecular weight is 343 g/mol. The minimum Gasteiger partial charge on any atom is -0.481 e. The number of fused-ring (bicyclic) bond motifs is 1. The highest BCUT2D eigenvalue weighted by molar-refractivity contribution is 5.77. The normalized spacial score (nSPS) is 10.9. The number of aryl methyl sites for hydroxylation is 1. The zero-order valence-corrected chi connectivity index (χ0v) is 14.0. The van der Waals surface area contributed by atoms with Crippen LogP contribution in [0.25, 0.3) is 27.9 Å². The Morgan fingerprint density at radius 1 is 0.923 bits per heavy atom. The highest BCUT2D eigenvalue weighted by Crippen LogP contribution is 2.25. The third-order valence-corrected chi connectivity index (χ3v) is 4.36. The number of hydrogen-bond donors (Lipinski definition) is 1. The molecule has 0 aliphatic carbocycles. The Morgan fingerprint density at radius 2 is 1.69 bits per heavy atom. The molecule has 0 bridgehead atoms. The number of hydrogen-bond acceptors (Lipinski definition) is 3. The van der Waals surface area contributed by atoms with Gasteiger partial charge >= 0.3 is 5.97 Å². The predicted molar refractivity (Wildman–Crippen MR) is 99.8 cm³/mol. The predicted octanol–water partition coefficient (Wildman–Crippen LogP) is 4.08. The smallest absolute Gasteiger partial charge is 0.303 e. The van der Waals surface area contributed by atoms with E-state index in [1.807, 2.05) is 73.2 Å². The Hall–Kier alpha value is -3.47. The van der Waals surface area contributed by atoms with Crippen LogP contribution in [-0.2, 0) is 11.2 Å². The summed E-state index contributed by atoms with van der Waals surface area (Å²) in [6.07, 6.45) is 6.31. The van der Waals surface area contributed by atoms with Gasteiger partial charge in [0, 0.05) is 29.9 Å². The fourth-order valence-corrected chi connectivity index (χ4v) is 2.96. The van der Waals surface area contributed by atoms with Gasteiger partial charge in [0.1, 0.15) is 0 Å². The lowest BCUT2D eigenvalue weighted by Gasteiger charge is -2.05. The van der Waals surface area contributed by atoms with Crippen molar-refractivity contribution in [3.8, 4) is 22.3 Å². The summed E-state index contributed by atoms with van der Waals surface area (Å²) in [5.74, 6) is -0.781. The zero-order chi connectivity index (χ0) is 17.9. The highest BCUT2D eigenvalue weighted by atomic mass is 16.4. The summed E-state index contributed by atoms with van der Waals surface area (Å²) in [5, 5.41) is 13.2. The van der Waals surface area contributed by atoms with Gasteiger partial charge in [0.15, 0.2) is 5.65 Å². The van der Waals surface area contributed by atoms with Crippen molar-refractivity contribution >= 4 is 11.6 Å². The van der Waals surface area contributed by atoms with Crippen LogP contribution in [0.5, 0.6) is 0 Å². The van der Waals surface area contributed by atoms with Gasteiger partial charge in [-0.25, -0.2) is 9.50 Å². The van der Waals surface area contributed by atoms with E-state index in [1.54, 1.807) is 4.52 Å². The molecule has 4 rings (SSSR count). The van der Waals surface area contributed by atoms with Crippen molar-refractivity contribution in [3.63, 3.8) is 0 Å². The molecule has 0 unspecified atom stereocenters. The van der Waals surface area contributed by atoms with Crippen LogP contribution in [0, 0.1) is 0 Å². The molecule has 0 fully saturated rings. The summed E-state index contributed by atoms with van der Waals surface area (Å²) < 4.78 is 1.79. The molecule has 4 aromatic rings. The van der Waals surface area contributed by atoms with Gasteiger partial charge in [-0.3, -0.25) is 4.79 Å². The minimum atomic E-state index is -0.781. The Balaban J connectivity index is 1.63. The number of carboxylic acids is 1. The molecule has 5 nitrogen and oxygen atoms in total. The van der Waals surface area contributed by atoms with Crippen molar-refractivity contribution in [3.05, 3.63) is 78.8 Å². The summed E-state index contributed by atoms with van der Waals surface area (Å²) in [7, 11) is 0. The SMILES string of the molecule is O=C(O)CCc1ccc(-c2cnc3c(-c4ccccc4)cnn3c2)cc1. The zero-order valence-electron chi connectivity index (χ0n) is 14.0. The summed E-state index contributed by atoms with van der Waals surface area (Å²) in [5.41, 5.74) is 5.90. The second-order valence-corrected chi connectivity index (χ2v) is 6.13. The lowest BCUT2D eigenvalue weighted by atomic mass is 10.0. The van der Waals surface area contributed by atoms with E-state index in [1.165, 1.54) is 0 Å². The van der Waals surface area contributed by atoms with Crippen LogP contribution in [0.4, 0.5) is 0 Å². The molecule has 0 saturated carbocycles. The van der Waals surface area contributed by atoms with Crippen LogP contribution in [0.2, 0.25) is 0 Å². The molecule has 0 aliphatic heterocycles. The quantitative estimate of drug-likeness (QED) is 0.593. The lowest BCUT2D eigenvalue weighted by molar-refractivity contribution is -0.136. The average Bonchev–Trinajstić information content (AvgIpc) is 3.10. The van der Waals surface area contributed by atoms with Crippen LogP contribution in [0.15, 0.2) is 73.2 Å².